The number of aromatic amines is 1. The zero-order valence-electron chi connectivity index (χ0n) is 28.4. The first-order valence-corrected chi connectivity index (χ1v) is 16.4. The van der Waals surface area contributed by atoms with Crippen molar-refractivity contribution in [2.24, 2.45) is 0 Å². The molecule has 0 radical (unpaired) electrons. The number of para-hydroxylation sites is 1. The molecule has 2 unspecified atom stereocenters. The number of anilines is 1. The highest BCUT2D eigenvalue weighted by molar-refractivity contribution is 5.95. The highest BCUT2D eigenvalue weighted by Crippen LogP contribution is 2.39. The van der Waals surface area contributed by atoms with Gasteiger partial charge in [-0.15, -0.1) is 0 Å². The van der Waals surface area contributed by atoms with Gasteiger partial charge in [0.1, 0.15) is 0 Å². The summed E-state index contributed by atoms with van der Waals surface area (Å²) in [5.41, 5.74) is 4.76. The number of hydrogen-bond acceptors (Lipinski definition) is 9. The number of nitrogens with zero attached hydrogens (tertiary/aromatic N) is 4. The van der Waals surface area contributed by atoms with Crippen LogP contribution in [0.3, 0.4) is 0 Å². The first-order valence-electron chi connectivity index (χ1n) is 16.4. The van der Waals surface area contributed by atoms with Gasteiger partial charge in [0.15, 0.2) is 11.5 Å². The van der Waals surface area contributed by atoms with Crippen molar-refractivity contribution in [3.05, 3.63) is 71.5 Å². The summed E-state index contributed by atoms with van der Waals surface area (Å²) in [6.45, 7) is 7.19. The number of methoxy groups -OCH3 is 3. The van der Waals surface area contributed by atoms with Gasteiger partial charge in [-0.1, -0.05) is 25.1 Å². The Balaban J connectivity index is 1.36. The van der Waals surface area contributed by atoms with E-state index in [-0.39, 0.29) is 24.0 Å². The van der Waals surface area contributed by atoms with Crippen molar-refractivity contribution in [3.63, 3.8) is 0 Å². The summed E-state index contributed by atoms with van der Waals surface area (Å²) >= 11 is 0. The average Bonchev–Trinajstić information content (AvgIpc) is 3.53. The van der Waals surface area contributed by atoms with E-state index in [0.29, 0.717) is 36.0 Å². The van der Waals surface area contributed by atoms with Crippen LogP contribution in [0.1, 0.15) is 60.5 Å². The lowest BCUT2D eigenvalue weighted by molar-refractivity contribution is 0.0200. The van der Waals surface area contributed by atoms with Gasteiger partial charge < -0.3 is 34.1 Å². The highest BCUT2D eigenvalue weighted by atomic mass is 16.5. The molecule has 1 aliphatic heterocycles. The second-order valence-electron chi connectivity index (χ2n) is 11.8. The molecule has 4 aromatic rings. The van der Waals surface area contributed by atoms with Crippen LogP contribution in [-0.4, -0.2) is 97.5 Å². The number of aromatic nitrogens is 3. The Labute approximate surface area is 277 Å². The summed E-state index contributed by atoms with van der Waals surface area (Å²) in [6.07, 6.45) is 6.97. The third-order valence-electron chi connectivity index (χ3n) is 9.10. The van der Waals surface area contributed by atoms with Gasteiger partial charge in [-0.2, -0.15) is 0 Å². The lowest BCUT2D eigenvalue weighted by Gasteiger charge is -2.45. The Bertz CT molecular complexity index is 1580. The minimum Gasteiger partial charge on any atom is -0.493 e. The summed E-state index contributed by atoms with van der Waals surface area (Å²) in [5.74, 6) is 2.05. The van der Waals surface area contributed by atoms with Crippen LogP contribution in [0.4, 0.5) is 5.95 Å². The maximum Gasteiger partial charge on any atom is 0.255 e. The van der Waals surface area contributed by atoms with Crippen molar-refractivity contribution in [3.8, 4) is 17.2 Å². The molecular weight excluding hydrogens is 596 g/mol. The van der Waals surface area contributed by atoms with Crippen LogP contribution < -0.4 is 19.5 Å². The molecule has 1 fully saturated rings. The number of pyridine rings is 1. The van der Waals surface area contributed by atoms with E-state index in [1.54, 1.807) is 39.7 Å². The normalized spacial score (nSPS) is 15.3. The van der Waals surface area contributed by atoms with Gasteiger partial charge in [0, 0.05) is 56.7 Å². The molecular formula is C36H48N6O5. The van der Waals surface area contributed by atoms with Crippen molar-refractivity contribution in [2.75, 3.05) is 60.0 Å². The Morgan fingerprint density at radius 2 is 1.81 bits per heavy atom. The molecule has 0 saturated carbocycles. The molecule has 2 aromatic heterocycles. The number of carbonyl (C=O) groups is 1. The predicted molar refractivity (Wildman–Crippen MR) is 184 cm³/mol. The van der Waals surface area contributed by atoms with Crippen molar-refractivity contribution >= 4 is 22.9 Å². The number of rotatable bonds is 15. The van der Waals surface area contributed by atoms with E-state index in [2.05, 4.69) is 51.4 Å². The fraction of sp³-hybridized carbons (Fsp3) is 0.472. The zero-order valence-corrected chi connectivity index (χ0v) is 28.4. The lowest BCUT2D eigenvalue weighted by Crippen LogP contribution is -2.55. The van der Waals surface area contributed by atoms with Crippen molar-refractivity contribution < 1.29 is 23.7 Å². The number of amides is 1. The van der Waals surface area contributed by atoms with Crippen LogP contribution in [0.25, 0.3) is 11.0 Å². The van der Waals surface area contributed by atoms with E-state index in [0.717, 1.165) is 61.3 Å². The maximum absolute atomic E-state index is 14.2. The van der Waals surface area contributed by atoms with E-state index in [4.69, 9.17) is 23.9 Å². The van der Waals surface area contributed by atoms with E-state index < -0.39 is 0 Å². The number of carbonyl (C=O) groups excluding carboxylic acids is 1. The van der Waals surface area contributed by atoms with Crippen LogP contribution in [0.15, 0.2) is 54.9 Å². The molecule has 1 amide bonds. The molecule has 0 aliphatic carbocycles. The number of hydrogen-bond donors (Lipinski definition) is 2. The van der Waals surface area contributed by atoms with Gasteiger partial charge in [0.25, 0.3) is 5.91 Å². The highest BCUT2D eigenvalue weighted by Gasteiger charge is 2.36. The van der Waals surface area contributed by atoms with Crippen LogP contribution in [0.2, 0.25) is 0 Å². The molecule has 2 atom stereocenters. The van der Waals surface area contributed by atoms with Crippen LogP contribution in [-0.2, 0) is 11.2 Å². The number of H-pyrrole nitrogens is 1. The fourth-order valence-corrected chi connectivity index (χ4v) is 6.70. The van der Waals surface area contributed by atoms with Crippen molar-refractivity contribution in [1.29, 1.82) is 0 Å². The SMILES string of the molecule is CCOCCc1cccc2[nH]c(NC3CCN(C(C(CC)c4cccnc4)N(C)C(=O)c4cc(OC)c(OC)c(OC)c4)CC3)nc12. The molecule has 11 nitrogen and oxygen atoms in total. The number of fused-ring (bicyclic) bond motifs is 1. The number of nitrogens with one attached hydrogen (secondary N) is 2. The zero-order chi connectivity index (χ0) is 33.3. The van der Waals surface area contributed by atoms with Crippen molar-refractivity contribution in [1.82, 2.24) is 24.8 Å². The molecule has 47 heavy (non-hydrogen) atoms. The Morgan fingerprint density at radius 1 is 1.06 bits per heavy atom. The number of likely N-dealkylation sites (tertiary alicyclic amines) is 1. The number of ether oxygens (including phenoxy) is 4. The number of piperidine rings is 1. The number of benzene rings is 2. The van der Waals surface area contributed by atoms with Gasteiger partial charge in [0.2, 0.25) is 11.7 Å². The second-order valence-corrected chi connectivity index (χ2v) is 11.8. The van der Waals surface area contributed by atoms with Gasteiger partial charge in [-0.25, -0.2) is 4.98 Å². The van der Waals surface area contributed by atoms with Crippen LogP contribution in [0, 0.1) is 0 Å². The molecule has 3 heterocycles. The largest absolute Gasteiger partial charge is 0.493 e. The summed E-state index contributed by atoms with van der Waals surface area (Å²) < 4.78 is 22.2. The lowest BCUT2D eigenvalue weighted by atomic mass is 9.91. The second kappa shape index (κ2) is 16.0. The van der Waals surface area contributed by atoms with E-state index >= 15 is 0 Å². The number of likely N-dealkylation sites (N-methyl/N-ethyl adjacent to an activating group) is 1. The Morgan fingerprint density at radius 3 is 2.43 bits per heavy atom. The molecule has 252 valence electrons. The van der Waals surface area contributed by atoms with Gasteiger partial charge in [0.05, 0.1) is 45.1 Å². The molecule has 11 heteroatoms. The minimum absolute atomic E-state index is 0.0506. The van der Waals surface area contributed by atoms with Crippen molar-refractivity contribution in [2.45, 2.75) is 57.7 Å². The molecule has 1 saturated heterocycles. The molecule has 2 N–H and O–H groups in total. The smallest absolute Gasteiger partial charge is 0.255 e. The fourth-order valence-electron chi connectivity index (χ4n) is 6.70. The molecule has 5 rings (SSSR count). The first kappa shape index (κ1) is 34.0. The Hall–Kier alpha value is -4.35. The average molecular weight is 645 g/mol. The standard InChI is InChI=1S/C36H48N6O5/c1-7-28(25-12-10-17-37-23-25)34(41(3)35(43)26-21-30(44-4)33(46-6)31(22-26)45-5)42-18-14-27(15-19-42)38-36-39-29-13-9-11-24(32(29)40-36)16-20-47-8-2/h9-13,17,21-23,27-28,34H,7-8,14-16,18-20H2,1-6H3,(H2,38,39,40). The Kier molecular flexibility index (Phi) is 11.6. The number of imidazole rings is 1. The van der Waals surface area contributed by atoms with E-state index in [1.807, 2.05) is 31.1 Å². The van der Waals surface area contributed by atoms with Crippen LogP contribution >= 0.6 is 0 Å². The third-order valence-corrected chi connectivity index (χ3v) is 9.10. The molecule has 0 spiro atoms. The van der Waals surface area contributed by atoms with Gasteiger partial charge in [-0.3, -0.25) is 14.7 Å². The summed E-state index contributed by atoms with van der Waals surface area (Å²) in [7, 11) is 6.55. The summed E-state index contributed by atoms with van der Waals surface area (Å²) in [5, 5.41) is 3.66. The van der Waals surface area contributed by atoms with E-state index in [9.17, 15) is 4.79 Å². The molecule has 0 bridgehead atoms. The summed E-state index contributed by atoms with van der Waals surface area (Å²) in [6, 6.07) is 14.0. The van der Waals surface area contributed by atoms with Gasteiger partial charge >= 0.3 is 0 Å². The van der Waals surface area contributed by atoms with Gasteiger partial charge in [-0.05, 0) is 68.0 Å². The topological polar surface area (TPSA) is 114 Å². The maximum atomic E-state index is 14.2. The molecule has 1 aliphatic rings. The molecule has 2 aromatic carbocycles. The minimum atomic E-state index is -0.198. The predicted octanol–water partition coefficient (Wildman–Crippen LogP) is 5.73. The third kappa shape index (κ3) is 7.63. The monoisotopic (exact) mass is 644 g/mol. The summed E-state index contributed by atoms with van der Waals surface area (Å²) in [4.78, 5) is 31.3. The quantitative estimate of drug-likeness (QED) is 0.157. The first-order chi connectivity index (χ1) is 22.9. The van der Waals surface area contributed by atoms with Crippen LogP contribution in [0.5, 0.6) is 17.2 Å². The van der Waals surface area contributed by atoms with E-state index in [1.165, 1.54) is 5.56 Å².